The Kier molecular flexibility index (Phi) is 5.13. The molecule has 4 rings (SSSR count). The summed E-state index contributed by atoms with van der Waals surface area (Å²) in [5, 5.41) is 18.1. The summed E-state index contributed by atoms with van der Waals surface area (Å²) in [6, 6.07) is 14.7. The zero-order valence-electron chi connectivity index (χ0n) is 16.0. The van der Waals surface area contributed by atoms with E-state index in [9.17, 15) is 21.6 Å². The van der Waals surface area contributed by atoms with Crippen LogP contribution in [0.2, 0.25) is 0 Å². The lowest BCUT2D eigenvalue weighted by molar-refractivity contribution is 0.509. The van der Waals surface area contributed by atoms with Gasteiger partial charge < -0.3 is 0 Å². The molecule has 0 fully saturated rings. The molecular formula is C23H10F3N3O2S. The summed E-state index contributed by atoms with van der Waals surface area (Å²) in [4.78, 5) is 3.71. The van der Waals surface area contributed by atoms with Gasteiger partial charge in [0.05, 0.1) is 33.7 Å². The number of pyridine rings is 1. The van der Waals surface area contributed by atoms with Gasteiger partial charge in [-0.15, -0.1) is 0 Å². The van der Waals surface area contributed by atoms with Crippen molar-refractivity contribution >= 4 is 20.7 Å². The molecule has 0 N–H and O–H groups in total. The summed E-state index contributed by atoms with van der Waals surface area (Å²) in [6.07, 6.45) is 0. The highest BCUT2D eigenvalue weighted by atomic mass is 32.2. The summed E-state index contributed by atoms with van der Waals surface area (Å²) < 4.78 is 67.7. The van der Waals surface area contributed by atoms with E-state index in [1.807, 2.05) is 0 Å². The van der Waals surface area contributed by atoms with Crippen LogP contribution in [-0.2, 0) is 9.84 Å². The van der Waals surface area contributed by atoms with Gasteiger partial charge in [-0.05, 0) is 59.7 Å². The molecule has 0 amide bonds. The molecule has 0 spiro atoms. The third-order valence-corrected chi connectivity index (χ3v) is 6.35. The first kappa shape index (κ1) is 21.0. The Morgan fingerprint density at radius 2 is 1.47 bits per heavy atom. The summed E-state index contributed by atoms with van der Waals surface area (Å²) in [5.41, 5.74) is 0.223. The second-order valence-corrected chi connectivity index (χ2v) is 8.67. The molecule has 9 heteroatoms. The van der Waals surface area contributed by atoms with Crippen molar-refractivity contribution in [3.05, 3.63) is 89.2 Å². The van der Waals surface area contributed by atoms with E-state index in [-0.39, 0.29) is 32.7 Å². The van der Waals surface area contributed by atoms with Crippen LogP contribution in [0.5, 0.6) is 0 Å². The van der Waals surface area contributed by atoms with Gasteiger partial charge in [-0.1, -0.05) is 6.07 Å². The van der Waals surface area contributed by atoms with Gasteiger partial charge in [0, 0.05) is 11.5 Å². The highest BCUT2D eigenvalue weighted by Gasteiger charge is 2.23. The Hall–Kier alpha value is -4.21. The molecule has 0 saturated heterocycles. The van der Waals surface area contributed by atoms with Gasteiger partial charge in [-0.2, -0.15) is 10.5 Å². The maximum atomic E-state index is 13.9. The number of nitrogens with zero attached hydrogens (tertiary/aromatic N) is 3. The van der Waals surface area contributed by atoms with E-state index in [2.05, 4.69) is 4.98 Å². The van der Waals surface area contributed by atoms with Crippen LogP contribution in [0.4, 0.5) is 13.2 Å². The summed E-state index contributed by atoms with van der Waals surface area (Å²) in [5.74, 6) is -2.89. The predicted octanol–water partition coefficient (Wildman–Crippen LogP) is 4.90. The van der Waals surface area contributed by atoms with E-state index in [1.54, 1.807) is 12.1 Å². The smallest absolute Gasteiger partial charge is 0.223 e. The fraction of sp³-hybridized carbons (Fsp3) is 0. The third kappa shape index (κ3) is 3.66. The van der Waals surface area contributed by atoms with Gasteiger partial charge in [-0.3, -0.25) is 0 Å². The van der Waals surface area contributed by atoms with E-state index < -0.39 is 32.3 Å². The van der Waals surface area contributed by atoms with Crippen molar-refractivity contribution < 1.29 is 21.6 Å². The number of fused-ring (bicyclic) bond motifs is 1. The first-order valence-corrected chi connectivity index (χ1v) is 10.5. The lowest BCUT2D eigenvalue weighted by Gasteiger charge is -2.12. The second kappa shape index (κ2) is 7.80. The summed E-state index contributed by atoms with van der Waals surface area (Å²) in [7, 11) is -4.36. The van der Waals surface area contributed by atoms with Crippen LogP contribution < -0.4 is 0 Å². The lowest BCUT2D eigenvalue weighted by Crippen LogP contribution is -2.06. The Labute approximate surface area is 180 Å². The summed E-state index contributed by atoms with van der Waals surface area (Å²) >= 11 is 0. The second-order valence-electron chi connectivity index (χ2n) is 6.77. The Balaban J connectivity index is 2.03. The molecule has 1 aromatic heterocycles. The monoisotopic (exact) mass is 449 g/mol. The zero-order valence-corrected chi connectivity index (χ0v) is 16.8. The number of halogens is 3. The molecule has 0 aliphatic rings. The van der Waals surface area contributed by atoms with Crippen molar-refractivity contribution in [3.8, 4) is 23.3 Å². The van der Waals surface area contributed by atoms with Gasteiger partial charge in [0.1, 0.15) is 5.82 Å². The summed E-state index contributed by atoms with van der Waals surface area (Å²) in [6.45, 7) is 0. The van der Waals surface area contributed by atoms with Crippen LogP contribution in [0.25, 0.3) is 22.0 Å². The van der Waals surface area contributed by atoms with Gasteiger partial charge in [-0.25, -0.2) is 26.6 Å². The Bertz CT molecular complexity index is 1570. The molecule has 1 heterocycles. The minimum Gasteiger partial charge on any atom is -0.236 e. The van der Waals surface area contributed by atoms with Gasteiger partial charge >= 0.3 is 0 Å². The number of benzene rings is 3. The first-order valence-electron chi connectivity index (χ1n) is 8.99. The number of aromatic nitrogens is 1. The van der Waals surface area contributed by atoms with Crippen LogP contribution in [0, 0.1) is 40.1 Å². The molecule has 3 aromatic carbocycles. The maximum Gasteiger partial charge on any atom is 0.223 e. The predicted molar refractivity (Wildman–Crippen MR) is 108 cm³/mol. The highest BCUT2D eigenvalue weighted by molar-refractivity contribution is 7.91. The number of sulfone groups is 1. The number of rotatable bonds is 3. The average molecular weight is 449 g/mol. The van der Waals surface area contributed by atoms with E-state index in [1.165, 1.54) is 18.2 Å². The van der Waals surface area contributed by atoms with Crippen LogP contribution in [0.1, 0.15) is 11.1 Å². The normalized spacial score (nSPS) is 11.2. The van der Waals surface area contributed by atoms with Crippen molar-refractivity contribution in [2.75, 3.05) is 0 Å². The van der Waals surface area contributed by atoms with Gasteiger partial charge in [0.2, 0.25) is 9.84 Å². The lowest BCUT2D eigenvalue weighted by atomic mass is 10.0. The molecule has 0 saturated carbocycles. The number of nitriles is 2. The van der Waals surface area contributed by atoms with Crippen LogP contribution in [-0.4, -0.2) is 13.4 Å². The molecule has 0 aliphatic heterocycles. The van der Waals surface area contributed by atoms with Crippen LogP contribution in [0.3, 0.4) is 0 Å². The van der Waals surface area contributed by atoms with Crippen molar-refractivity contribution in [1.29, 1.82) is 10.5 Å². The minimum absolute atomic E-state index is 0.0252. The minimum atomic E-state index is -4.36. The fourth-order valence-electron chi connectivity index (χ4n) is 3.22. The van der Waals surface area contributed by atoms with E-state index in [4.69, 9.17) is 10.5 Å². The molecule has 5 nitrogen and oxygen atoms in total. The third-order valence-electron chi connectivity index (χ3n) is 4.73. The average Bonchev–Trinajstić information content (AvgIpc) is 2.79. The van der Waals surface area contributed by atoms with Crippen molar-refractivity contribution in [3.63, 3.8) is 0 Å². The first-order chi connectivity index (χ1) is 15.2. The van der Waals surface area contributed by atoms with Crippen molar-refractivity contribution in [2.45, 2.75) is 9.92 Å². The quantitative estimate of drug-likeness (QED) is 0.444. The Morgan fingerprint density at radius 1 is 0.781 bits per heavy atom. The molecule has 0 atom stereocenters. The van der Waals surface area contributed by atoms with Crippen molar-refractivity contribution in [2.24, 2.45) is 0 Å². The molecule has 0 unspecified atom stereocenters. The fourth-order valence-corrected chi connectivity index (χ4v) is 4.52. The molecule has 156 valence electrons. The highest BCUT2D eigenvalue weighted by Crippen LogP contribution is 2.33. The topological polar surface area (TPSA) is 94.6 Å². The molecule has 32 heavy (non-hydrogen) atoms. The number of hydrogen-bond acceptors (Lipinski definition) is 5. The Morgan fingerprint density at radius 3 is 2.09 bits per heavy atom. The molecule has 4 aromatic rings. The zero-order chi connectivity index (χ0) is 23.0. The van der Waals surface area contributed by atoms with Crippen LogP contribution in [0.15, 0.2) is 70.6 Å². The largest absolute Gasteiger partial charge is 0.236 e. The molecule has 0 bridgehead atoms. The molecule has 0 radical (unpaired) electrons. The van der Waals surface area contributed by atoms with E-state index in [0.717, 1.165) is 42.5 Å². The molecule has 0 aliphatic carbocycles. The van der Waals surface area contributed by atoms with Gasteiger partial charge in [0.25, 0.3) is 0 Å². The van der Waals surface area contributed by atoms with Crippen molar-refractivity contribution in [1.82, 2.24) is 4.98 Å². The van der Waals surface area contributed by atoms with E-state index >= 15 is 0 Å². The van der Waals surface area contributed by atoms with Crippen LogP contribution >= 0.6 is 0 Å². The van der Waals surface area contributed by atoms with E-state index in [0.29, 0.717) is 5.39 Å². The standard InChI is InChI=1S/C23H10F3N3O2S/c24-16-2-3-18-19(15-1-4-20(25)21(26)8-15)10-23(29-22(18)9-16)32(30,31)17-6-13(11-27)5-14(7-17)12-28/h1-10H. The van der Waals surface area contributed by atoms with Gasteiger partial charge in [0.15, 0.2) is 16.7 Å². The molecular weight excluding hydrogens is 439 g/mol. The SMILES string of the molecule is N#Cc1cc(C#N)cc(S(=O)(=O)c2cc(-c3ccc(F)c(F)c3)c3ccc(F)cc3n2)c1. The maximum absolute atomic E-state index is 13.9. The number of hydrogen-bond donors (Lipinski definition) is 0.